The molecule has 0 unspecified atom stereocenters. The van der Waals surface area contributed by atoms with E-state index >= 15 is 0 Å². The van der Waals surface area contributed by atoms with Gasteiger partial charge in [-0.05, 0) is 35.4 Å². The molecule has 0 saturated heterocycles. The van der Waals surface area contributed by atoms with Gasteiger partial charge in [0.05, 0.1) is 11.7 Å². The molecular formula is C16H13ClNO3S-. The van der Waals surface area contributed by atoms with Crippen LogP contribution in [0.15, 0.2) is 48.5 Å². The summed E-state index contributed by atoms with van der Waals surface area (Å²) in [4.78, 5) is 22.6. The zero-order valence-corrected chi connectivity index (χ0v) is 13.1. The van der Waals surface area contributed by atoms with Crippen molar-refractivity contribution < 1.29 is 14.7 Å². The van der Waals surface area contributed by atoms with Crippen LogP contribution in [0.2, 0.25) is 5.02 Å². The van der Waals surface area contributed by atoms with Crippen LogP contribution in [0.4, 0.5) is 5.69 Å². The van der Waals surface area contributed by atoms with Gasteiger partial charge < -0.3 is 15.2 Å². The Labute approximate surface area is 137 Å². The second kappa shape index (κ2) is 7.87. The molecule has 0 aliphatic rings. The predicted octanol–water partition coefficient (Wildman–Crippen LogP) is 2.58. The number of carboxylic acid groups (broad SMARTS) is 1. The zero-order chi connectivity index (χ0) is 15.9. The molecule has 0 saturated carbocycles. The Morgan fingerprint density at radius 1 is 1.14 bits per heavy atom. The molecule has 0 radical (unpaired) electrons. The van der Waals surface area contributed by atoms with Gasteiger partial charge in [0, 0.05) is 16.5 Å². The lowest BCUT2D eigenvalue weighted by atomic mass is 10.2. The lowest BCUT2D eigenvalue weighted by Gasteiger charge is -2.08. The molecule has 114 valence electrons. The number of rotatable bonds is 6. The first-order valence-electron chi connectivity index (χ1n) is 6.48. The topological polar surface area (TPSA) is 69.2 Å². The van der Waals surface area contributed by atoms with E-state index in [0.29, 0.717) is 16.5 Å². The lowest BCUT2D eigenvalue weighted by Crippen LogP contribution is -2.22. The van der Waals surface area contributed by atoms with E-state index in [9.17, 15) is 14.7 Å². The van der Waals surface area contributed by atoms with Gasteiger partial charge in [-0.15, -0.1) is 11.8 Å². The minimum atomic E-state index is -1.27. The second-order valence-electron chi connectivity index (χ2n) is 4.54. The molecule has 0 spiro atoms. The molecule has 1 amide bonds. The van der Waals surface area contributed by atoms with Crippen molar-refractivity contribution in [3.63, 3.8) is 0 Å². The summed E-state index contributed by atoms with van der Waals surface area (Å²) in [5, 5.41) is 14.1. The predicted molar refractivity (Wildman–Crippen MR) is 87.0 cm³/mol. The van der Waals surface area contributed by atoms with Gasteiger partial charge in [0.2, 0.25) is 5.91 Å². The highest BCUT2D eigenvalue weighted by molar-refractivity contribution is 7.99. The monoisotopic (exact) mass is 334 g/mol. The van der Waals surface area contributed by atoms with Gasteiger partial charge in [0.1, 0.15) is 0 Å². The maximum Gasteiger partial charge on any atom is 0.234 e. The van der Waals surface area contributed by atoms with Crippen LogP contribution in [0, 0.1) is 0 Å². The van der Waals surface area contributed by atoms with Gasteiger partial charge in [-0.1, -0.05) is 35.9 Å². The van der Waals surface area contributed by atoms with Crippen LogP contribution in [0.1, 0.15) is 15.9 Å². The molecule has 22 heavy (non-hydrogen) atoms. The Morgan fingerprint density at radius 3 is 2.55 bits per heavy atom. The highest BCUT2D eigenvalue weighted by Crippen LogP contribution is 2.16. The van der Waals surface area contributed by atoms with E-state index in [2.05, 4.69) is 5.32 Å². The standard InChI is InChI=1S/C16H14ClNO3S/c17-13-6-4-11(5-7-13)9-22-10-15(19)18-14-3-1-2-12(8-14)16(20)21/h1-8H,9-10H2,(H,18,19)(H,20,21)/p-1. The molecule has 0 heterocycles. The Kier molecular flexibility index (Phi) is 5.86. The third-order valence-electron chi connectivity index (χ3n) is 2.80. The summed E-state index contributed by atoms with van der Waals surface area (Å²) >= 11 is 7.27. The van der Waals surface area contributed by atoms with E-state index in [1.54, 1.807) is 12.1 Å². The first-order chi connectivity index (χ1) is 10.5. The number of benzene rings is 2. The van der Waals surface area contributed by atoms with Crippen molar-refractivity contribution >= 4 is 40.9 Å². The number of nitrogens with one attached hydrogen (secondary N) is 1. The zero-order valence-electron chi connectivity index (χ0n) is 11.5. The number of anilines is 1. The van der Waals surface area contributed by atoms with Crippen molar-refractivity contribution in [1.29, 1.82) is 0 Å². The summed E-state index contributed by atoms with van der Waals surface area (Å²) in [5.74, 6) is -0.482. The first kappa shape index (κ1) is 16.4. The SMILES string of the molecule is O=C(CSCc1ccc(Cl)cc1)Nc1cccc(C(=O)[O-])c1. The second-order valence-corrected chi connectivity index (χ2v) is 5.96. The molecule has 2 aromatic rings. The van der Waals surface area contributed by atoms with Crippen molar-refractivity contribution in [2.45, 2.75) is 5.75 Å². The average molecular weight is 335 g/mol. The van der Waals surface area contributed by atoms with Crippen molar-refractivity contribution in [3.8, 4) is 0 Å². The van der Waals surface area contributed by atoms with Gasteiger partial charge >= 0.3 is 0 Å². The fourth-order valence-electron chi connectivity index (χ4n) is 1.76. The van der Waals surface area contributed by atoms with E-state index in [1.165, 1.54) is 23.9 Å². The molecule has 4 nitrogen and oxygen atoms in total. The largest absolute Gasteiger partial charge is 0.545 e. The van der Waals surface area contributed by atoms with Crippen molar-refractivity contribution in [2.24, 2.45) is 0 Å². The summed E-state index contributed by atoms with van der Waals surface area (Å²) in [6.45, 7) is 0. The van der Waals surface area contributed by atoms with Gasteiger partial charge in [-0.3, -0.25) is 4.79 Å². The van der Waals surface area contributed by atoms with Crippen LogP contribution >= 0.6 is 23.4 Å². The van der Waals surface area contributed by atoms with Gasteiger partial charge in [0.25, 0.3) is 0 Å². The molecule has 0 fully saturated rings. The minimum Gasteiger partial charge on any atom is -0.545 e. The van der Waals surface area contributed by atoms with E-state index in [-0.39, 0.29) is 17.2 Å². The highest BCUT2D eigenvalue weighted by Gasteiger charge is 2.04. The van der Waals surface area contributed by atoms with E-state index < -0.39 is 5.97 Å². The summed E-state index contributed by atoms with van der Waals surface area (Å²) in [7, 11) is 0. The Balaban J connectivity index is 1.81. The maximum atomic E-state index is 11.8. The lowest BCUT2D eigenvalue weighted by molar-refractivity contribution is -0.255. The van der Waals surface area contributed by atoms with Crippen molar-refractivity contribution in [2.75, 3.05) is 11.1 Å². The Morgan fingerprint density at radius 2 is 1.86 bits per heavy atom. The normalized spacial score (nSPS) is 10.2. The number of hydrogen-bond acceptors (Lipinski definition) is 4. The Hall–Kier alpha value is -1.98. The molecule has 0 atom stereocenters. The van der Waals surface area contributed by atoms with Crippen molar-refractivity contribution in [3.05, 3.63) is 64.7 Å². The molecule has 0 aliphatic heterocycles. The number of hydrogen-bond donors (Lipinski definition) is 1. The Bertz CT molecular complexity index is 673. The van der Waals surface area contributed by atoms with Crippen LogP contribution in [-0.2, 0) is 10.5 Å². The van der Waals surface area contributed by atoms with Gasteiger partial charge in [-0.25, -0.2) is 0 Å². The number of thioether (sulfide) groups is 1. The van der Waals surface area contributed by atoms with E-state index in [1.807, 2.05) is 24.3 Å². The molecule has 0 aromatic heterocycles. The molecule has 2 rings (SSSR count). The molecule has 2 aromatic carbocycles. The molecular weight excluding hydrogens is 322 g/mol. The summed E-state index contributed by atoms with van der Waals surface area (Å²) in [6, 6.07) is 13.4. The minimum absolute atomic E-state index is 0.0339. The van der Waals surface area contributed by atoms with E-state index in [4.69, 9.17) is 11.6 Å². The number of amides is 1. The van der Waals surface area contributed by atoms with Crippen LogP contribution < -0.4 is 10.4 Å². The van der Waals surface area contributed by atoms with Crippen LogP contribution in [0.5, 0.6) is 0 Å². The smallest absolute Gasteiger partial charge is 0.234 e. The van der Waals surface area contributed by atoms with Crippen LogP contribution in [-0.4, -0.2) is 17.6 Å². The van der Waals surface area contributed by atoms with Crippen molar-refractivity contribution in [1.82, 2.24) is 0 Å². The van der Waals surface area contributed by atoms with Gasteiger partial charge in [-0.2, -0.15) is 0 Å². The highest BCUT2D eigenvalue weighted by atomic mass is 35.5. The number of carbonyl (C=O) groups excluding carboxylic acids is 2. The number of halogens is 1. The number of aromatic carboxylic acids is 1. The quantitative estimate of drug-likeness (QED) is 0.881. The maximum absolute atomic E-state index is 11.8. The summed E-state index contributed by atoms with van der Waals surface area (Å²) in [5.41, 5.74) is 1.56. The number of carboxylic acids is 1. The first-order valence-corrected chi connectivity index (χ1v) is 8.01. The van der Waals surface area contributed by atoms with E-state index in [0.717, 1.165) is 5.56 Å². The summed E-state index contributed by atoms with van der Waals surface area (Å²) < 4.78 is 0. The third-order valence-corrected chi connectivity index (χ3v) is 4.05. The number of carbonyl (C=O) groups is 2. The molecule has 0 aliphatic carbocycles. The molecule has 0 bridgehead atoms. The molecule has 6 heteroatoms. The summed E-state index contributed by atoms with van der Waals surface area (Å²) in [6.07, 6.45) is 0. The fourth-order valence-corrected chi connectivity index (χ4v) is 2.68. The third kappa shape index (κ3) is 5.09. The fraction of sp³-hybridized carbons (Fsp3) is 0.125. The van der Waals surface area contributed by atoms with Crippen LogP contribution in [0.25, 0.3) is 0 Å². The average Bonchev–Trinajstić information content (AvgIpc) is 2.49. The molecule has 1 N–H and O–H groups in total. The van der Waals surface area contributed by atoms with Crippen LogP contribution in [0.3, 0.4) is 0 Å². The van der Waals surface area contributed by atoms with Gasteiger partial charge in [0.15, 0.2) is 0 Å².